The number of aromatic nitrogens is 1. The summed E-state index contributed by atoms with van der Waals surface area (Å²) in [6, 6.07) is 14.1. The van der Waals surface area contributed by atoms with Crippen LogP contribution in [-0.2, 0) is 11.3 Å². The number of hydrogen-bond donors (Lipinski definition) is 3. The molecule has 460 valence electrons. The van der Waals surface area contributed by atoms with E-state index < -0.39 is 6.17 Å². The molecule has 3 aromatic rings. The number of likely N-dealkylation sites (N-methyl/N-ethyl adjacent to an activating group) is 1. The summed E-state index contributed by atoms with van der Waals surface area (Å²) in [7, 11) is 3.80. The Morgan fingerprint density at radius 1 is 0.854 bits per heavy atom. The number of pyridine rings is 1. The van der Waals surface area contributed by atoms with Crippen molar-refractivity contribution in [3.8, 4) is 11.1 Å². The third-order valence-corrected chi connectivity index (χ3v) is 16.2. The second-order valence-corrected chi connectivity index (χ2v) is 25.6. The van der Waals surface area contributed by atoms with Crippen molar-refractivity contribution in [3.05, 3.63) is 136 Å². The molecule has 3 saturated heterocycles. The molecule has 4 aliphatic rings. The highest BCUT2D eigenvalue weighted by atomic mass is 127. The van der Waals surface area contributed by atoms with Gasteiger partial charge in [0.05, 0.1) is 12.1 Å². The fourth-order valence-corrected chi connectivity index (χ4v) is 11.9. The molecular weight excluding hydrogens is 1150 g/mol. The second-order valence-electron chi connectivity index (χ2n) is 22.0. The van der Waals surface area contributed by atoms with Crippen LogP contribution in [0.1, 0.15) is 180 Å². The second kappa shape index (κ2) is 42.3. The highest BCUT2D eigenvalue weighted by molar-refractivity contribution is 14.2. The molecule has 12 heteroatoms. The molecule has 0 radical (unpaired) electrons. The summed E-state index contributed by atoms with van der Waals surface area (Å²) in [6.45, 7) is 43.7. The lowest BCUT2D eigenvalue weighted by atomic mass is 9.82. The van der Waals surface area contributed by atoms with Gasteiger partial charge in [-0.1, -0.05) is 163 Å². The van der Waals surface area contributed by atoms with Gasteiger partial charge in [-0.05, 0) is 201 Å². The Hall–Kier alpha value is -3.58. The first-order valence-corrected chi connectivity index (χ1v) is 36.2. The Kier molecular flexibility index (Phi) is 38.4. The highest BCUT2D eigenvalue weighted by Gasteiger charge is 2.39. The summed E-state index contributed by atoms with van der Waals surface area (Å²) in [6.07, 6.45) is 22.6. The van der Waals surface area contributed by atoms with Gasteiger partial charge in [0, 0.05) is 75.0 Å². The summed E-state index contributed by atoms with van der Waals surface area (Å²) >= 11 is 2.32. The molecule has 3 aliphatic heterocycles. The highest BCUT2D eigenvalue weighted by Crippen LogP contribution is 2.36. The number of carbonyl (C=O) groups is 1. The van der Waals surface area contributed by atoms with E-state index in [2.05, 4.69) is 162 Å². The average Bonchev–Trinajstić information content (AvgIpc) is 4.01. The van der Waals surface area contributed by atoms with Crippen molar-refractivity contribution in [3.63, 3.8) is 0 Å². The quantitative estimate of drug-likeness (QED) is 0.0493. The molecule has 0 bridgehead atoms. The van der Waals surface area contributed by atoms with Gasteiger partial charge in [-0.3, -0.25) is 19.7 Å². The molecule has 0 amide bonds. The monoisotopic (exact) mass is 1260 g/mol. The van der Waals surface area contributed by atoms with E-state index >= 15 is 8.78 Å². The molecule has 0 saturated carbocycles. The first kappa shape index (κ1) is 74.5. The molecule has 8 nitrogen and oxygen atoms in total. The topological polar surface area (TPSA) is 75.8 Å². The third-order valence-electron chi connectivity index (χ3n) is 16.2. The molecule has 4 unspecified atom stereocenters. The van der Waals surface area contributed by atoms with E-state index in [1.54, 1.807) is 18.7 Å². The van der Waals surface area contributed by atoms with Gasteiger partial charge in [0.2, 0.25) is 0 Å². The van der Waals surface area contributed by atoms with Crippen LogP contribution < -0.4 is 16.0 Å². The number of likely N-dealkylation sites (tertiary alicyclic amines) is 3. The molecule has 1 aromatic heterocycles. The van der Waals surface area contributed by atoms with E-state index in [1.165, 1.54) is 103 Å². The van der Waals surface area contributed by atoms with E-state index in [1.807, 2.05) is 66.9 Å². The maximum Gasteiger partial charge on any atom is 0.129 e. The van der Waals surface area contributed by atoms with E-state index in [0.29, 0.717) is 31.0 Å². The van der Waals surface area contributed by atoms with Gasteiger partial charge in [0.25, 0.3) is 0 Å². The van der Waals surface area contributed by atoms with Crippen LogP contribution in [0.4, 0.5) is 14.5 Å². The number of nitrogens with zero attached hydrogens (tertiary/aromatic N) is 4. The van der Waals surface area contributed by atoms with Crippen molar-refractivity contribution >= 4 is 46.3 Å². The molecule has 82 heavy (non-hydrogen) atoms. The lowest BCUT2D eigenvalue weighted by Crippen LogP contribution is -2.46. The minimum absolute atomic E-state index is 0.0372. The van der Waals surface area contributed by atoms with Crippen molar-refractivity contribution in [2.75, 3.05) is 78.4 Å². The van der Waals surface area contributed by atoms with Crippen molar-refractivity contribution in [2.45, 2.75) is 191 Å². The van der Waals surface area contributed by atoms with Gasteiger partial charge in [-0.25, -0.2) is 8.78 Å². The molecule has 0 spiro atoms. The number of anilines is 1. The number of halogens is 3. The summed E-state index contributed by atoms with van der Waals surface area (Å²) in [5.41, 5.74) is 15.4. The maximum atomic E-state index is 15.2. The number of aryl methyl sites for hydroxylation is 2. The van der Waals surface area contributed by atoms with Crippen molar-refractivity contribution in [1.82, 2.24) is 30.3 Å². The number of carbonyl (C=O) groups excluding carboxylic acids is 1. The van der Waals surface area contributed by atoms with E-state index in [4.69, 9.17) is 0 Å². The zero-order valence-corrected chi connectivity index (χ0v) is 57.1. The lowest BCUT2D eigenvalue weighted by Gasteiger charge is -2.37. The number of allylic oxidation sites excluding steroid dienone is 5. The first-order chi connectivity index (χ1) is 39.7. The SMILES string of the molecule is C=C(C)C1=CC=C(C2CCN(C/C(C)=C/c3c(-c4ccc(C)c(CNC)c4)ccnc3C)CC2)CC1.C=C(NC)C(CCC=O)Nc1ccc(C2CCN(C3CN(CC(CCC)CCC)CC3F)CC2)c(F)c1.CC.CC.CC.CPI. The third kappa shape index (κ3) is 24.4. The van der Waals surface area contributed by atoms with E-state index in [-0.39, 0.29) is 23.8 Å². The Labute approximate surface area is 515 Å². The van der Waals surface area contributed by atoms with Crippen molar-refractivity contribution < 1.29 is 13.6 Å². The van der Waals surface area contributed by atoms with Gasteiger partial charge in [0.15, 0.2) is 0 Å². The van der Waals surface area contributed by atoms with E-state index in [0.717, 1.165) is 93.9 Å². The van der Waals surface area contributed by atoms with Crippen LogP contribution in [0, 0.1) is 31.5 Å². The number of piperidine rings is 2. The number of aldehydes is 1. The number of rotatable bonds is 23. The van der Waals surface area contributed by atoms with Crippen LogP contribution in [-0.4, -0.2) is 117 Å². The van der Waals surface area contributed by atoms with Crippen LogP contribution in [0.15, 0.2) is 102 Å². The van der Waals surface area contributed by atoms with Crippen LogP contribution in [0.2, 0.25) is 0 Å². The van der Waals surface area contributed by atoms with Crippen LogP contribution in [0.25, 0.3) is 17.2 Å². The fourth-order valence-electron chi connectivity index (χ4n) is 11.9. The predicted octanol–water partition coefficient (Wildman–Crippen LogP) is 17.9. The zero-order chi connectivity index (χ0) is 61.1. The van der Waals surface area contributed by atoms with Gasteiger partial charge in [-0.15, -0.1) is 0 Å². The summed E-state index contributed by atoms with van der Waals surface area (Å²) in [5, 5.41) is 9.62. The summed E-state index contributed by atoms with van der Waals surface area (Å²) in [5.74, 6) is 1.36. The molecule has 1 aliphatic carbocycles. The smallest absolute Gasteiger partial charge is 0.129 e. The molecule has 3 fully saturated rings. The standard InChI is InChI=1S/C33H43N3.C30H48F2N4O.3C2H6.CH4IP/c1-23(2)27-9-11-28(12-10-27)29-14-17-36(18-15-29)22-24(3)19-33-26(5)35-16-13-32(33)30-8-7-25(4)31(20-30)21-34-6;1-5-8-23(9-6-2)19-35-20-28(32)30(21-35)36-15-13-24(14-16-36)26-12-11-25(18-27(26)31)34-29(10-7-17-37)22(3)33-4;3*1-2;1-3-2/h7-9,11,13,16,19-20,29,34H,1,10,12,14-15,17-18,21-22H2,2-6H3;11-12,17-18,23-24,28-30,33-34H,3,5-10,13-16,19-21H2,1-2,4H3;3*1-2H3;3H,1H3/b24-19+;;;;;. The number of benzene rings is 2. The van der Waals surface area contributed by atoms with Crippen LogP contribution >= 0.6 is 28.3 Å². The predicted molar refractivity (Wildman–Crippen MR) is 367 cm³/mol. The van der Waals surface area contributed by atoms with Crippen LogP contribution in [0.5, 0.6) is 0 Å². The van der Waals surface area contributed by atoms with Crippen molar-refractivity contribution in [2.24, 2.45) is 11.8 Å². The lowest BCUT2D eigenvalue weighted by molar-refractivity contribution is -0.107. The number of nitrogens with one attached hydrogen (secondary N) is 3. The molecule has 4 atom stereocenters. The Morgan fingerprint density at radius 3 is 2.06 bits per heavy atom. The zero-order valence-electron chi connectivity index (χ0n) is 54.0. The number of hydrogen-bond acceptors (Lipinski definition) is 8. The van der Waals surface area contributed by atoms with Gasteiger partial charge >= 0.3 is 0 Å². The van der Waals surface area contributed by atoms with E-state index in [9.17, 15) is 4.79 Å². The summed E-state index contributed by atoms with van der Waals surface area (Å²) < 4.78 is 30.2. The number of alkyl halides is 1. The largest absolute Gasteiger partial charge is 0.390 e. The molecule has 2 aromatic carbocycles. The maximum absolute atomic E-state index is 15.2. The van der Waals surface area contributed by atoms with Crippen molar-refractivity contribution in [1.29, 1.82) is 0 Å². The van der Waals surface area contributed by atoms with Crippen LogP contribution in [0.3, 0.4) is 0 Å². The normalized spacial score (nSPS) is 18.4. The first-order valence-electron chi connectivity index (χ1n) is 31.6. The van der Waals surface area contributed by atoms with Gasteiger partial charge < -0.3 is 20.7 Å². The Bertz CT molecular complexity index is 2400. The molecule has 4 heterocycles. The van der Waals surface area contributed by atoms with Gasteiger partial charge in [-0.2, -0.15) is 0 Å². The fraction of sp³-hybridized carbons (Fsp3) is 0.600. The van der Waals surface area contributed by atoms with Gasteiger partial charge in [0.1, 0.15) is 18.3 Å². The minimum Gasteiger partial charge on any atom is -0.390 e. The molecule has 3 N–H and O–H groups in total. The average molecular weight is 1260 g/mol. The minimum atomic E-state index is -0.804. The summed E-state index contributed by atoms with van der Waals surface area (Å²) in [4.78, 5) is 22.7. The molecule has 7 rings (SSSR count). The molecular formula is C70H113F2IN7OP. The Morgan fingerprint density at radius 2 is 1.50 bits per heavy atom. The Balaban J connectivity index is 0.000000492.